The number of benzene rings is 1. The van der Waals surface area contributed by atoms with Crippen LogP contribution in [0.5, 0.6) is 0 Å². The summed E-state index contributed by atoms with van der Waals surface area (Å²) < 4.78 is 18.7. The summed E-state index contributed by atoms with van der Waals surface area (Å²) in [7, 11) is 0. The zero-order valence-corrected chi connectivity index (χ0v) is 15.5. The highest BCUT2D eigenvalue weighted by Crippen LogP contribution is 2.34. The van der Waals surface area contributed by atoms with Crippen LogP contribution in [0, 0.1) is 5.82 Å². The maximum absolute atomic E-state index is 13.1. The molecule has 0 aromatic heterocycles. The Hall–Kier alpha value is -2.28. The molecule has 0 amide bonds. The van der Waals surface area contributed by atoms with Crippen molar-refractivity contribution in [3.05, 3.63) is 71.5 Å². The van der Waals surface area contributed by atoms with Gasteiger partial charge in [0.2, 0.25) is 0 Å². The summed E-state index contributed by atoms with van der Waals surface area (Å²) in [5.41, 5.74) is 5.89. The van der Waals surface area contributed by atoms with Crippen LogP contribution in [0.15, 0.2) is 65.1 Å². The lowest BCUT2D eigenvalue weighted by Gasteiger charge is -2.46. The van der Waals surface area contributed by atoms with E-state index in [9.17, 15) is 9.50 Å². The van der Waals surface area contributed by atoms with Crippen molar-refractivity contribution in [3.8, 4) is 0 Å². The molecule has 0 bridgehead atoms. The molecule has 3 aliphatic rings. The quantitative estimate of drug-likeness (QED) is 0.857. The van der Waals surface area contributed by atoms with E-state index in [1.807, 2.05) is 37.1 Å². The number of rotatable bonds is 4. The predicted octanol–water partition coefficient (Wildman–Crippen LogP) is 2.85. The molecule has 27 heavy (non-hydrogen) atoms. The molecule has 2 aliphatic heterocycles. The van der Waals surface area contributed by atoms with E-state index in [2.05, 4.69) is 5.43 Å². The summed E-state index contributed by atoms with van der Waals surface area (Å²) in [5, 5.41) is 12.7. The van der Waals surface area contributed by atoms with Crippen molar-refractivity contribution < 1.29 is 14.2 Å². The average molecular weight is 369 g/mol. The first-order valence-corrected chi connectivity index (χ1v) is 9.21. The molecule has 0 saturated heterocycles. The lowest BCUT2D eigenvalue weighted by Crippen LogP contribution is -2.64. The topological polar surface area (TPSA) is 57.1 Å². The Morgan fingerprint density at radius 2 is 2.11 bits per heavy atom. The number of ether oxygens (including phenoxy) is 1. The minimum Gasteiger partial charge on any atom is -0.465 e. The summed E-state index contributed by atoms with van der Waals surface area (Å²) in [5.74, 6) is 0.582. The standard InChI is InChI=1S/C21H24FN3O2/c1-21(2)20(26)25(23-10-9-14-5-7-16(22)8-6-14)18-13-19-15(4-3-11-27-19)12-17(18)24-21/h3-8,11,13,18,20,23,26H,9-10,12H2,1-2H3. The molecule has 2 N–H and O–H groups in total. The van der Waals surface area contributed by atoms with E-state index < -0.39 is 11.8 Å². The van der Waals surface area contributed by atoms with Gasteiger partial charge in [0.15, 0.2) is 0 Å². The van der Waals surface area contributed by atoms with Gasteiger partial charge in [-0.25, -0.2) is 9.40 Å². The second-order valence-electron chi connectivity index (χ2n) is 7.61. The fourth-order valence-electron chi connectivity index (χ4n) is 3.69. The summed E-state index contributed by atoms with van der Waals surface area (Å²) in [6.07, 6.45) is 8.24. The first kappa shape index (κ1) is 18.1. The highest BCUT2D eigenvalue weighted by molar-refractivity contribution is 5.96. The molecule has 2 heterocycles. The molecule has 4 rings (SSSR count). The molecular formula is C21H24FN3O2. The molecule has 142 valence electrons. The zero-order chi connectivity index (χ0) is 19.0. The molecule has 2 atom stereocenters. The minimum absolute atomic E-state index is 0.167. The largest absolute Gasteiger partial charge is 0.465 e. The van der Waals surface area contributed by atoms with E-state index in [0.717, 1.165) is 29.0 Å². The van der Waals surface area contributed by atoms with Gasteiger partial charge in [-0.2, -0.15) is 0 Å². The molecule has 1 aromatic carbocycles. The van der Waals surface area contributed by atoms with Crippen LogP contribution in [0.3, 0.4) is 0 Å². The molecule has 0 spiro atoms. The van der Waals surface area contributed by atoms with Crippen molar-refractivity contribution in [2.45, 2.75) is 44.5 Å². The Balaban J connectivity index is 1.53. The molecule has 1 aliphatic carbocycles. The first-order chi connectivity index (χ1) is 12.9. The summed E-state index contributed by atoms with van der Waals surface area (Å²) >= 11 is 0. The monoisotopic (exact) mass is 369 g/mol. The Labute approximate surface area is 158 Å². The molecule has 2 unspecified atom stereocenters. The molecule has 0 saturated carbocycles. The maximum Gasteiger partial charge on any atom is 0.145 e. The number of hydrogen-bond donors (Lipinski definition) is 2. The van der Waals surface area contributed by atoms with Crippen LogP contribution < -0.4 is 5.43 Å². The highest BCUT2D eigenvalue weighted by Gasteiger charge is 2.44. The van der Waals surface area contributed by atoms with Gasteiger partial charge in [0.25, 0.3) is 0 Å². The number of aliphatic hydroxyl groups excluding tert-OH is 1. The van der Waals surface area contributed by atoms with Gasteiger partial charge in [-0.15, -0.1) is 0 Å². The summed E-state index contributed by atoms with van der Waals surface area (Å²) in [6.45, 7) is 4.48. The number of nitrogens with one attached hydrogen (secondary N) is 1. The van der Waals surface area contributed by atoms with E-state index in [0.29, 0.717) is 13.0 Å². The Morgan fingerprint density at radius 3 is 2.89 bits per heavy atom. The van der Waals surface area contributed by atoms with Crippen LogP contribution in [-0.4, -0.2) is 40.2 Å². The van der Waals surface area contributed by atoms with E-state index in [-0.39, 0.29) is 11.9 Å². The Bertz CT molecular complexity index is 839. The van der Waals surface area contributed by atoms with Gasteiger partial charge in [-0.3, -0.25) is 10.4 Å². The third-order valence-electron chi connectivity index (χ3n) is 5.16. The molecule has 1 aromatic rings. The lowest BCUT2D eigenvalue weighted by molar-refractivity contribution is -0.0832. The van der Waals surface area contributed by atoms with Gasteiger partial charge >= 0.3 is 0 Å². The number of aliphatic imine (C=N–C) groups is 1. The molecule has 0 fully saturated rings. The van der Waals surface area contributed by atoms with E-state index >= 15 is 0 Å². The van der Waals surface area contributed by atoms with E-state index in [4.69, 9.17) is 9.73 Å². The van der Waals surface area contributed by atoms with Crippen molar-refractivity contribution in [2.24, 2.45) is 4.99 Å². The van der Waals surface area contributed by atoms with Crippen LogP contribution in [0.4, 0.5) is 4.39 Å². The van der Waals surface area contributed by atoms with Gasteiger partial charge in [0.1, 0.15) is 17.8 Å². The van der Waals surface area contributed by atoms with Crippen molar-refractivity contribution in [2.75, 3.05) is 6.54 Å². The summed E-state index contributed by atoms with van der Waals surface area (Å²) in [6, 6.07) is 6.32. The fourth-order valence-corrected chi connectivity index (χ4v) is 3.69. The van der Waals surface area contributed by atoms with E-state index in [1.165, 1.54) is 12.1 Å². The Kier molecular flexibility index (Phi) is 4.72. The fraction of sp³-hybridized carbons (Fsp3) is 0.381. The van der Waals surface area contributed by atoms with Gasteiger partial charge in [0.05, 0.1) is 17.8 Å². The smallest absolute Gasteiger partial charge is 0.145 e. The van der Waals surface area contributed by atoms with Crippen molar-refractivity contribution in [1.82, 2.24) is 10.4 Å². The van der Waals surface area contributed by atoms with Gasteiger partial charge in [0, 0.05) is 24.3 Å². The predicted molar refractivity (Wildman–Crippen MR) is 102 cm³/mol. The maximum atomic E-state index is 13.1. The SMILES string of the molecule is CC1(C)N=C2CC3=CC=COC3=CC2N(NCCc2ccc(F)cc2)C1O. The number of nitrogens with zero attached hydrogens (tertiary/aromatic N) is 2. The third kappa shape index (κ3) is 3.60. The summed E-state index contributed by atoms with van der Waals surface area (Å²) in [4.78, 5) is 4.81. The van der Waals surface area contributed by atoms with Crippen LogP contribution in [-0.2, 0) is 11.2 Å². The molecule has 6 heteroatoms. The number of halogens is 1. The van der Waals surface area contributed by atoms with Crippen LogP contribution in [0.25, 0.3) is 0 Å². The first-order valence-electron chi connectivity index (χ1n) is 9.21. The van der Waals surface area contributed by atoms with Crippen LogP contribution in [0.1, 0.15) is 25.8 Å². The second kappa shape index (κ2) is 7.03. The van der Waals surface area contributed by atoms with Gasteiger partial charge in [-0.05, 0) is 50.1 Å². The van der Waals surface area contributed by atoms with Crippen LogP contribution >= 0.6 is 0 Å². The normalized spacial score (nSPS) is 26.3. The molecular weight excluding hydrogens is 345 g/mol. The molecule has 0 radical (unpaired) electrons. The van der Waals surface area contributed by atoms with Crippen molar-refractivity contribution in [1.29, 1.82) is 0 Å². The highest BCUT2D eigenvalue weighted by atomic mass is 19.1. The average Bonchev–Trinajstić information content (AvgIpc) is 2.65. The Morgan fingerprint density at radius 1 is 1.33 bits per heavy atom. The van der Waals surface area contributed by atoms with Gasteiger partial charge < -0.3 is 9.84 Å². The van der Waals surface area contributed by atoms with Crippen molar-refractivity contribution >= 4 is 5.71 Å². The lowest BCUT2D eigenvalue weighted by atomic mass is 9.88. The number of hydrazine groups is 1. The molecule has 5 nitrogen and oxygen atoms in total. The van der Waals surface area contributed by atoms with E-state index in [1.54, 1.807) is 18.4 Å². The van der Waals surface area contributed by atoms with Gasteiger partial charge in [-0.1, -0.05) is 18.2 Å². The third-order valence-corrected chi connectivity index (χ3v) is 5.16. The minimum atomic E-state index is -0.777. The zero-order valence-electron chi connectivity index (χ0n) is 15.5. The number of allylic oxidation sites excluding steroid dienone is 3. The second-order valence-corrected chi connectivity index (χ2v) is 7.61. The van der Waals surface area contributed by atoms with Crippen molar-refractivity contribution in [3.63, 3.8) is 0 Å². The number of hydrogen-bond acceptors (Lipinski definition) is 5. The number of aliphatic hydroxyl groups is 1. The number of fused-ring (bicyclic) bond motifs is 2. The van der Waals surface area contributed by atoms with Crippen LogP contribution in [0.2, 0.25) is 0 Å².